The van der Waals surface area contributed by atoms with Gasteiger partial charge in [-0.1, -0.05) is 18.2 Å². The topological polar surface area (TPSA) is 56.8 Å². The number of thioether (sulfide) groups is 1. The molecule has 3 rings (SSSR count). The van der Waals surface area contributed by atoms with Gasteiger partial charge in [-0.05, 0) is 31.2 Å². The zero-order valence-corrected chi connectivity index (χ0v) is 15.1. The van der Waals surface area contributed by atoms with Gasteiger partial charge in [-0.2, -0.15) is 0 Å². The number of fused-ring (bicyclic) bond motifs is 1. The van der Waals surface area contributed by atoms with Crippen LogP contribution in [-0.4, -0.2) is 31.5 Å². The lowest BCUT2D eigenvalue weighted by atomic mass is 10.2. The smallest absolute Gasteiger partial charge is 0.233 e. The van der Waals surface area contributed by atoms with Gasteiger partial charge < -0.3 is 19.5 Å². The van der Waals surface area contributed by atoms with Gasteiger partial charge in [0.1, 0.15) is 19.0 Å². The van der Waals surface area contributed by atoms with Crippen LogP contribution in [0.3, 0.4) is 0 Å². The van der Waals surface area contributed by atoms with Crippen LogP contribution in [0.15, 0.2) is 47.4 Å². The van der Waals surface area contributed by atoms with Crippen LogP contribution in [0.4, 0.5) is 0 Å². The van der Waals surface area contributed by atoms with Crippen molar-refractivity contribution in [2.75, 3.05) is 20.3 Å². The number of hydrogen-bond acceptors (Lipinski definition) is 5. The second kappa shape index (κ2) is 8.16. The van der Waals surface area contributed by atoms with E-state index < -0.39 is 0 Å². The summed E-state index contributed by atoms with van der Waals surface area (Å²) in [5, 5.41) is 2.74. The molecule has 0 saturated carbocycles. The Labute approximate surface area is 151 Å². The molecule has 0 fully saturated rings. The van der Waals surface area contributed by atoms with E-state index in [0.717, 1.165) is 27.7 Å². The van der Waals surface area contributed by atoms with Crippen molar-refractivity contribution in [3.63, 3.8) is 0 Å². The number of benzene rings is 2. The zero-order chi connectivity index (χ0) is 17.6. The van der Waals surface area contributed by atoms with Crippen LogP contribution >= 0.6 is 11.8 Å². The van der Waals surface area contributed by atoms with Crippen molar-refractivity contribution in [3.8, 4) is 17.2 Å². The standard InChI is InChI=1S/C19H21NO4S/c1-13(19(21)20-12-14-5-3-4-6-16(14)22-2)25-15-7-8-17-18(11-15)24-10-9-23-17/h3-8,11,13H,9-10,12H2,1-2H3,(H,20,21)/t13-/m0/s1. The van der Waals surface area contributed by atoms with Gasteiger partial charge in [0.25, 0.3) is 0 Å². The number of amides is 1. The molecule has 1 N–H and O–H groups in total. The third kappa shape index (κ3) is 4.39. The molecular formula is C19H21NO4S. The van der Waals surface area contributed by atoms with Crippen LogP contribution in [0.1, 0.15) is 12.5 Å². The maximum atomic E-state index is 12.4. The Morgan fingerprint density at radius 2 is 1.96 bits per heavy atom. The van der Waals surface area contributed by atoms with E-state index in [2.05, 4.69) is 5.32 Å². The van der Waals surface area contributed by atoms with E-state index in [-0.39, 0.29) is 11.2 Å². The largest absolute Gasteiger partial charge is 0.496 e. The Bertz CT molecular complexity index is 750. The quantitative estimate of drug-likeness (QED) is 0.803. The third-order valence-corrected chi connectivity index (χ3v) is 4.94. The molecular weight excluding hydrogens is 338 g/mol. The number of para-hydroxylation sites is 1. The second-order valence-corrected chi connectivity index (χ2v) is 7.01. The summed E-state index contributed by atoms with van der Waals surface area (Å²) in [5.41, 5.74) is 0.954. The molecule has 1 atom stereocenters. The molecule has 0 unspecified atom stereocenters. The molecule has 5 nitrogen and oxygen atoms in total. The van der Waals surface area contributed by atoms with E-state index in [4.69, 9.17) is 14.2 Å². The molecule has 132 valence electrons. The van der Waals surface area contributed by atoms with Gasteiger partial charge in [-0.25, -0.2) is 0 Å². The number of methoxy groups -OCH3 is 1. The number of ether oxygens (including phenoxy) is 3. The van der Waals surface area contributed by atoms with Crippen LogP contribution in [0.5, 0.6) is 17.2 Å². The number of carbonyl (C=O) groups is 1. The molecule has 0 saturated heterocycles. The maximum Gasteiger partial charge on any atom is 0.233 e. The van der Waals surface area contributed by atoms with Crippen molar-refractivity contribution in [2.45, 2.75) is 23.6 Å². The minimum Gasteiger partial charge on any atom is -0.496 e. The zero-order valence-electron chi connectivity index (χ0n) is 14.3. The van der Waals surface area contributed by atoms with Crippen LogP contribution < -0.4 is 19.5 Å². The normalized spacial score (nSPS) is 13.8. The lowest BCUT2D eigenvalue weighted by Crippen LogP contribution is -2.30. The molecule has 0 aliphatic carbocycles. The fourth-order valence-corrected chi connectivity index (χ4v) is 3.45. The average Bonchev–Trinajstić information content (AvgIpc) is 2.66. The molecule has 25 heavy (non-hydrogen) atoms. The lowest BCUT2D eigenvalue weighted by Gasteiger charge is -2.19. The second-order valence-electron chi connectivity index (χ2n) is 5.60. The number of hydrogen-bond donors (Lipinski definition) is 1. The predicted octanol–water partition coefficient (Wildman–Crippen LogP) is 3.26. The van der Waals surface area contributed by atoms with Gasteiger partial charge in [-0.3, -0.25) is 4.79 Å². The van der Waals surface area contributed by atoms with E-state index in [0.29, 0.717) is 19.8 Å². The Morgan fingerprint density at radius 3 is 2.76 bits per heavy atom. The highest BCUT2D eigenvalue weighted by molar-refractivity contribution is 8.00. The Hall–Kier alpha value is -2.34. The van der Waals surface area contributed by atoms with E-state index in [9.17, 15) is 4.79 Å². The molecule has 1 heterocycles. The molecule has 1 amide bonds. The highest BCUT2D eigenvalue weighted by Gasteiger charge is 2.17. The van der Waals surface area contributed by atoms with Crippen molar-refractivity contribution in [2.24, 2.45) is 0 Å². The SMILES string of the molecule is COc1ccccc1CNC(=O)[C@H](C)Sc1ccc2c(c1)OCCO2. The minimum absolute atomic E-state index is 0.0224. The maximum absolute atomic E-state index is 12.4. The minimum atomic E-state index is -0.225. The molecule has 6 heteroatoms. The molecule has 2 aromatic carbocycles. The Kier molecular flexibility index (Phi) is 5.71. The van der Waals surface area contributed by atoms with Crippen molar-refractivity contribution in [1.29, 1.82) is 0 Å². The van der Waals surface area contributed by atoms with Crippen LogP contribution in [0, 0.1) is 0 Å². The van der Waals surface area contributed by atoms with Crippen molar-refractivity contribution >= 4 is 17.7 Å². The summed E-state index contributed by atoms with van der Waals surface area (Å²) in [7, 11) is 1.63. The van der Waals surface area contributed by atoms with Crippen molar-refractivity contribution in [1.82, 2.24) is 5.32 Å². The molecule has 1 aliphatic heterocycles. The third-order valence-electron chi connectivity index (χ3n) is 3.84. The first-order valence-corrected chi connectivity index (χ1v) is 9.01. The van der Waals surface area contributed by atoms with Gasteiger partial charge >= 0.3 is 0 Å². The molecule has 1 aliphatic rings. The summed E-state index contributed by atoms with van der Waals surface area (Å²) in [6.45, 7) is 3.45. The van der Waals surface area contributed by atoms with E-state index in [1.165, 1.54) is 11.8 Å². The summed E-state index contributed by atoms with van der Waals surface area (Å²) in [5.74, 6) is 2.24. The Morgan fingerprint density at radius 1 is 1.20 bits per heavy atom. The fraction of sp³-hybridized carbons (Fsp3) is 0.316. The first-order chi connectivity index (χ1) is 12.2. The number of nitrogens with one attached hydrogen (secondary N) is 1. The Balaban J connectivity index is 1.57. The highest BCUT2D eigenvalue weighted by atomic mass is 32.2. The van der Waals surface area contributed by atoms with Crippen LogP contribution in [0.2, 0.25) is 0 Å². The van der Waals surface area contributed by atoms with E-state index in [1.54, 1.807) is 7.11 Å². The van der Waals surface area contributed by atoms with E-state index >= 15 is 0 Å². The molecule has 0 radical (unpaired) electrons. The van der Waals surface area contributed by atoms with Gasteiger partial charge in [0.05, 0.1) is 12.4 Å². The molecule has 0 aromatic heterocycles. The summed E-state index contributed by atoms with van der Waals surface area (Å²) in [4.78, 5) is 13.4. The summed E-state index contributed by atoms with van der Waals surface area (Å²) < 4.78 is 16.4. The van der Waals surface area contributed by atoms with Crippen molar-refractivity contribution in [3.05, 3.63) is 48.0 Å². The molecule has 0 spiro atoms. The number of rotatable bonds is 6. The molecule has 0 bridgehead atoms. The lowest BCUT2D eigenvalue weighted by molar-refractivity contribution is -0.120. The summed E-state index contributed by atoms with van der Waals surface area (Å²) in [6, 6.07) is 13.4. The van der Waals surface area contributed by atoms with Gasteiger partial charge in [0.2, 0.25) is 5.91 Å². The van der Waals surface area contributed by atoms with Gasteiger partial charge in [-0.15, -0.1) is 11.8 Å². The van der Waals surface area contributed by atoms with Crippen molar-refractivity contribution < 1.29 is 19.0 Å². The predicted molar refractivity (Wildman–Crippen MR) is 97.6 cm³/mol. The van der Waals surface area contributed by atoms with Crippen LogP contribution in [-0.2, 0) is 11.3 Å². The summed E-state index contributed by atoms with van der Waals surface area (Å²) >= 11 is 1.49. The van der Waals surface area contributed by atoms with E-state index in [1.807, 2.05) is 49.4 Å². The van der Waals surface area contributed by atoms with Gasteiger partial charge in [0, 0.05) is 17.0 Å². The van der Waals surface area contributed by atoms with Crippen LogP contribution in [0.25, 0.3) is 0 Å². The monoisotopic (exact) mass is 359 g/mol. The first kappa shape index (κ1) is 17.5. The molecule has 2 aromatic rings. The fourth-order valence-electron chi connectivity index (χ4n) is 2.53. The number of carbonyl (C=O) groups excluding carboxylic acids is 1. The summed E-state index contributed by atoms with van der Waals surface area (Å²) in [6.07, 6.45) is 0. The van der Waals surface area contributed by atoms with Gasteiger partial charge in [0.15, 0.2) is 11.5 Å². The average molecular weight is 359 g/mol. The highest BCUT2D eigenvalue weighted by Crippen LogP contribution is 2.35. The first-order valence-electron chi connectivity index (χ1n) is 8.13.